The summed E-state index contributed by atoms with van der Waals surface area (Å²) in [5, 5.41) is 5.84. The quantitative estimate of drug-likeness (QED) is 0.718. The molecule has 2 aromatic rings. The number of anilines is 1. The maximum atomic E-state index is 12.6. The summed E-state index contributed by atoms with van der Waals surface area (Å²) in [4.78, 5) is 38.2. The van der Waals surface area contributed by atoms with Gasteiger partial charge in [0.2, 0.25) is 5.91 Å². The average Bonchev–Trinajstić information content (AvgIpc) is 2.79. The van der Waals surface area contributed by atoms with Gasteiger partial charge in [-0.05, 0) is 49.1 Å². The van der Waals surface area contributed by atoms with Crippen LogP contribution in [0.2, 0.25) is 0 Å². The van der Waals surface area contributed by atoms with Crippen molar-refractivity contribution < 1.29 is 19.1 Å². The number of esters is 1. The summed E-state index contributed by atoms with van der Waals surface area (Å²) < 4.78 is 4.69. The zero-order valence-electron chi connectivity index (χ0n) is 17.1. The van der Waals surface area contributed by atoms with Crippen molar-refractivity contribution >= 4 is 23.6 Å². The second kappa shape index (κ2) is 10.4. The number of methoxy groups -OCH3 is 1. The Kier molecular flexibility index (Phi) is 7.43. The van der Waals surface area contributed by atoms with Crippen molar-refractivity contribution in [1.82, 2.24) is 10.2 Å². The number of urea groups is 1. The maximum Gasteiger partial charge on any atom is 0.337 e. The third-order valence-electron chi connectivity index (χ3n) is 5.19. The first kappa shape index (κ1) is 21.4. The second-order valence-corrected chi connectivity index (χ2v) is 7.31. The third kappa shape index (κ3) is 5.83. The molecular weight excluding hydrogens is 382 g/mol. The first-order valence-electron chi connectivity index (χ1n) is 10.1. The fourth-order valence-corrected chi connectivity index (χ4v) is 3.50. The highest BCUT2D eigenvalue weighted by atomic mass is 16.5. The van der Waals surface area contributed by atoms with E-state index in [1.54, 1.807) is 17.0 Å². The molecular formula is C23H27N3O4. The second-order valence-electron chi connectivity index (χ2n) is 7.31. The van der Waals surface area contributed by atoms with Gasteiger partial charge in [-0.1, -0.05) is 30.3 Å². The molecule has 0 saturated carbocycles. The lowest BCUT2D eigenvalue weighted by molar-refractivity contribution is -0.126. The molecule has 0 aliphatic carbocycles. The van der Waals surface area contributed by atoms with Crippen LogP contribution in [0.3, 0.4) is 0 Å². The minimum atomic E-state index is -0.368. The Morgan fingerprint density at radius 1 is 1.07 bits per heavy atom. The third-order valence-corrected chi connectivity index (χ3v) is 5.19. The van der Waals surface area contributed by atoms with Gasteiger partial charge in [-0.3, -0.25) is 4.79 Å². The number of piperidine rings is 1. The summed E-state index contributed by atoms with van der Waals surface area (Å²) in [6, 6.07) is 16.3. The number of para-hydroxylation sites is 1. The van der Waals surface area contributed by atoms with Crippen LogP contribution < -0.4 is 10.6 Å². The van der Waals surface area contributed by atoms with Crippen molar-refractivity contribution in [3.05, 3.63) is 65.7 Å². The number of ether oxygens (including phenoxy) is 1. The first-order chi connectivity index (χ1) is 14.6. The molecule has 0 bridgehead atoms. The smallest absolute Gasteiger partial charge is 0.337 e. The standard InChI is InChI=1S/C23H27N3O4/c1-30-22(28)18-11-9-17(10-12-18)13-14-24-21(27)19-6-5-15-26(16-19)23(29)25-20-7-3-2-4-8-20/h2-4,7-12,19H,5-6,13-16H2,1H3,(H,24,27)(H,25,29). The zero-order valence-corrected chi connectivity index (χ0v) is 17.1. The first-order valence-corrected chi connectivity index (χ1v) is 10.1. The van der Waals surface area contributed by atoms with Crippen molar-refractivity contribution in [2.75, 3.05) is 32.1 Å². The van der Waals surface area contributed by atoms with E-state index in [2.05, 4.69) is 15.4 Å². The number of carbonyl (C=O) groups is 3. The van der Waals surface area contributed by atoms with E-state index < -0.39 is 0 Å². The lowest BCUT2D eigenvalue weighted by Gasteiger charge is -2.32. The van der Waals surface area contributed by atoms with Gasteiger partial charge in [-0.15, -0.1) is 0 Å². The van der Waals surface area contributed by atoms with E-state index in [1.807, 2.05) is 42.5 Å². The molecule has 1 unspecified atom stereocenters. The molecule has 1 aliphatic heterocycles. The number of benzene rings is 2. The van der Waals surface area contributed by atoms with Crippen LogP contribution in [0.15, 0.2) is 54.6 Å². The molecule has 3 rings (SSSR count). The Morgan fingerprint density at radius 2 is 1.80 bits per heavy atom. The van der Waals surface area contributed by atoms with Crippen molar-refractivity contribution in [2.45, 2.75) is 19.3 Å². The van der Waals surface area contributed by atoms with Crippen LogP contribution in [-0.4, -0.2) is 49.6 Å². The lowest BCUT2D eigenvalue weighted by atomic mass is 9.97. The van der Waals surface area contributed by atoms with Crippen LogP contribution in [0.1, 0.15) is 28.8 Å². The van der Waals surface area contributed by atoms with Crippen LogP contribution >= 0.6 is 0 Å². The fourth-order valence-electron chi connectivity index (χ4n) is 3.50. The predicted octanol–water partition coefficient (Wildman–Crippen LogP) is 3.08. The van der Waals surface area contributed by atoms with Crippen molar-refractivity contribution in [2.24, 2.45) is 5.92 Å². The van der Waals surface area contributed by atoms with Crippen molar-refractivity contribution in [3.63, 3.8) is 0 Å². The van der Waals surface area contributed by atoms with Crippen molar-refractivity contribution in [1.29, 1.82) is 0 Å². The highest BCUT2D eigenvalue weighted by Gasteiger charge is 2.28. The van der Waals surface area contributed by atoms with E-state index in [4.69, 9.17) is 0 Å². The zero-order chi connectivity index (χ0) is 21.3. The van der Waals surface area contributed by atoms with Crippen LogP contribution in [0.4, 0.5) is 10.5 Å². The average molecular weight is 409 g/mol. The molecule has 2 N–H and O–H groups in total. The molecule has 30 heavy (non-hydrogen) atoms. The number of hydrogen-bond acceptors (Lipinski definition) is 4. The van der Waals surface area contributed by atoms with Gasteiger partial charge in [0.1, 0.15) is 0 Å². The lowest BCUT2D eigenvalue weighted by Crippen LogP contribution is -2.47. The van der Waals surface area contributed by atoms with Crippen LogP contribution in [0.25, 0.3) is 0 Å². The Balaban J connectivity index is 1.44. The Bertz CT molecular complexity index is 868. The molecule has 7 nitrogen and oxygen atoms in total. The minimum Gasteiger partial charge on any atom is -0.465 e. The van der Waals surface area contributed by atoms with Gasteiger partial charge in [0.05, 0.1) is 18.6 Å². The molecule has 1 saturated heterocycles. The molecule has 0 aromatic heterocycles. The summed E-state index contributed by atoms with van der Waals surface area (Å²) >= 11 is 0. The summed E-state index contributed by atoms with van der Waals surface area (Å²) in [6.45, 7) is 1.57. The van der Waals surface area contributed by atoms with E-state index in [0.29, 0.717) is 31.6 Å². The van der Waals surface area contributed by atoms with Gasteiger partial charge < -0.3 is 20.3 Å². The summed E-state index contributed by atoms with van der Waals surface area (Å²) in [7, 11) is 1.35. The Labute approximate surface area is 176 Å². The minimum absolute atomic E-state index is 0.0293. The Hall–Kier alpha value is -3.35. The van der Waals surface area contributed by atoms with Gasteiger partial charge in [0.25, 0.3) is 0 Å². The molecule has 2 aromatic carbocycles. The van der Waals surface area contributed by atoms with Gasteiger partial charge in [0, 0.05) is 25.3 Å². The van der Waals surface area contributed by atoms with Crippen molar-refractivity contribution in [3.8, 4) is 0 Å². The van der Waals surface area contributed by atoms with Crippen LogP contribution in [0, 0.1) is 5.92 Å². The topological polar surface area (TPSA) is 87.7 Å². The van der Waals surface area contributed by atoms with Crippen LogP contribution in [0.5, 0.6) is 0 Å². The van der Waals surface area contributed by atoms with E-state index in [-0.39, 0.29) is 23.8 Å². The van der Waals surface area contributed by atoms with Crippen LogP contribution in [-0.2, 0) is 16.0 Å². The molecule has 7 heteroatoms. The normalized spacial score (nSPS) is 15.9. The molecule has 1 atom stereocenters. The van der Waals surface area contributed by atoms with Gasteiger partial charge in [-0.25, -0.2) is 9.59 Å². The number of rotatable bonds is 6. The monoisotopic (exact) mass is 409 g/mol. The number of carbonyl (C=O) groups excluding carboxylic acids is 3. The molecule has 1 heterocycles. The molecule has 0 spiro atoms. The number of likely N-dealkylation sites (tertiary alicyclic amines) is 1. The summed E-state index contributed by atoms with van der Waals surface area (Å²) in [6.07, 6.45) is 2.24. The van der Waals surface area contributed by atoms with Gasteiger partial charge in [-0.2, -0.15) is 0 Å². The fraction of sp³-hybridized carbons (Fsp3) is 0.348. The summed E-state index contributed by atoms with van der Waals surface area (Å²) in [5.74, 6) is -0.603. The van der Waals surface area contributed by atoms with Gasteiger partial charge in [0.15, 0.2) is 0 Å². The number of nitrogens with zero attached hydrogens (tertiary/aromatic N) is 1. The highest BCUT2D eigenvalue weighted by molar-refractivity contribution is 5.90. The number of amides is 3. The summed E-state index contributed by atoms with van der Waals surface area (Å²) in [5.41, 5.74) is 2.27. The van der Waals surface area contributed by atoms with E-state index >= 15 is 0 Å². The predicted molar refractivity (Wildman–Crippen MR) is 114 cm³/mol. The molecule has 0 radical (unpaired) electrons. The molecule has 3 amide bonds. The molecule has 1 aliphatic rings. The molecule has 1 fully saturated rings. The van der Waals surface area contributed by atoms with E-state index in [9.17, 15) is 14.4 Å². The van der Waals surface area contributed by atoms with Gasteiger partial charge >= 0.3 is 12.0 Å². The maximum absolute atomic E-state index is 12.6. The number of hydrogen-bond donors (Lipinski definition) is 2. The SMILES string of the molecule is COC(=O)c1ccc(CCNC(=O)C2CCCN(C(=O)Nc3ccccc3)C2)cc1. The number of nitrogens with one attached hydrogen (secondary N) is 2. The Morgan fingerprint density at radius 3 is 2.50 bits per heavy atom. The largest absolute Gasteiger partial charge is 0.465 e. The highest BCUT2D eigenvalue weighted by Crippen LogP contribution is 2.18. The molecule has 158 valence electrons. The van der Waals surface area contributed by atoms with E-state index in [1.165, 1.54) is 7.11 Å². The van der Waals surface area contributed by atoms with E-state index in [0.717, 1.165) is 24.1 Å².